The van der Waals surface area contributed by atoms with Crippen molar-refractivity contribution in [3.63, 3.8) is 0 Å². The van der Waals surface area contributed by atoms with Gasteiger partial charge in [0.1, 0.15) is 5.75 Å². The van der Waals surface area contributed by atoms with Gasteiger partial charge in [0, 0.05) is 13.7 Å². The summed E-state index contributed by atoms with van der Waals surface area (Å²) in [5.41, 5.74) is 3.73. The van der Waals surface area contributed by atoms with Crippen LogP contribution in [0.2, 0.25) is 0 Å². The Morgan fingerprint density at radius 1 is 1.27 bits per heavy atom. The molecule has 0 aliphatic carbocycles. The molecular formula is C16H25N3O2S. The molecule has 0 aromatic heterocycles. The molecule has 1 aromatic carbocycles. The molecule has 0 amide bonds. The largest absolute Gasteiger partial charge is 0.494 e. The molecule has 0 bridgehead atoms. The smallest absolute Gasteiger partial charge is 0.187 e. The highest BCUT2D eigenvalue weighted by Gasteiger charge is 1.97. The van der Waals surface area contributed by atoms with E-state index < -0.39 is 0 Å². The van der Waals surface area contributed by atoms with E-state index in [0.29, 0.717) is 24.2 Å². The molecule has 2 N–H and O–H groups in total. The van der Waals surface area contributed by atoms with Gasteiger partial charge < -0.3 is 14.8 Å². The molecule has 1 rings (SSSR count). The van der Waals surface area contributed by atoms with Gasteiger partial charge in [-0.1, -0.05) is 13.8 Å². The van der Waals surface area contributed by atoms with Crippen LogP contribution in [0.15, 0.2) is 29.4 Å². The Morgan fingerprint density at radius 3 is 2.64 bits per heavy atom. The number of nitrogens with one attached hydrogen (secondary N) is 2. The fourth-order valence-electron chi connectivity index (χ4n) is 1.53. The molecule has 0 spiro atoms. The monoisotopic (exact) mass is 323 g/mol. The van der Waals surface area contributed by atoms with E-state index in [1.54, 1.807) is 13.3 Å². The minimum absolute atomic E-state index is 0.474. The van der Waals surface area contributed by atoms with E-state index in [1.165, 1.54) is 0 Å². The fraction of sp³-hybridized carbons (Fsp3) is 0.500. The molecule has 0 fully saturated rings. The summed E-state index contributed by atoms with van der Waals surface area (Å²) in [6.07, 6.45) is 2.77. The van der Waals surface area contributed by atoms with Gasteiger partial charge in [0.05, 0.1) is 19.4 Å². The van der Waals surface area contributed by atoms with Crippen molar-refractivity contribution in [1.82, 2.24) is 10.7 Å². The third-order valence-corrected chi connectivity index (χ3v) is 3.05. The summed E-state index contributed by atoms with van der Waals surface area (Å²) in [4.78, 5) is 0. The number of methoxy groups -OCH3 is 1. The maximum Gasteiger partial charge on any atom is 0.187 e. The normalized spacial score (nSPS) is 10.9. The lowest BCUT2D eigenvalue weighted by Crippen LogP contribution is -2.34. The van der Waals surface area contributed by atoms with Crippen LogP contribution in [0.5, 0.6) is 5.75 Å². The SMILES string of the molecule is COCCNC(=S)NN=Cc1ccc(OCCC(C)C)cc1. The van der Waals surface area contributed by atoms with Crippen molar-refractivity contribution in [2.45, 2.75) is 20.3 Å². The number of hydrogen-bond acceptors (Lipinski definition) is 4. The fourth-order valence-corrected chi connectivity index (χ4v) is 1.69. The number of hydrazone groups is 1. The molecule has 0 aliphatic heterocycles. The second-order valence-corrected chi connectivity index (χ2v) is 5.63. The molecule has 0 unspecified atom stereocenters. The number of rotatable bonds is 9. The lowest BCUT2D eigenvalue weighted by Gasteiger charge is -2.08. The molecule has 22 heavy (non-hydrogen) atoms. The summed E-state index contributed by atoms with van der Waals surface area (Å²) in [5, 5.41) is 7.52. The average Bonchev–Trinajstić information content (AvgIpc) is 2.49. The molecule has 6 heteroatoms. The van der Waals surface area contributed by atoms with Gasteiger partial charge in [0.2, 0.25) is 0 Å². The first-order valence-electron chi connectivity index (χ1n) is 7.40. The molecule has 0 aliphatic rings. The Bertz CT molecular complexity index is 461. The Kier molecular flexibility index (Phi) is 9.18. The average molecular weight is 323 g/mol. The lowest BCUT2D eigenvalue weighted by atomic mass is 10.1. The van der Waals surface area contributed by atoms with Crippen LogP contribution < -0.4 is 15.5 Å². The van der Waals surface area contributed by atoms with Gasteiger partial charge in [-0.25, -0.2) is 0 Å². The molecule has 0 radical (unpaired) electrons. The summed E-state index contributed by atoms with van der Waals surface area (Å²) in [6.45, 7) is 6.37. The second kappa shape index (κ2) is 11.0. The molecule has 0 saturated heterocycles. The van der Waals surface area contributed by atoms with E-state index in [0.717, 1.165) is 24.3 Å². The van der Waals surface area contributed by atoms with Crippen LogP contribution in [0.1, 0.15) is 25.8 Å². The first-order valence-corrected chi connectivity index (χ1v) is 7.81. The Morgan fingerprint density at radius 2 is 2.00 bits per heavy atom. The highest BCUT2D eigenvalue weighted by Crippen LogP contribution is 2.12. The number of ether oxygens (including phenoxy) is 2. The van der Waals surface area contributed by atoms with Crippen LogP contribution in [0.4, 0.5) is 0 Å². The topological polar surface area (TPSA) is 54.9 Å². The molecule has 122 valence electrons. The van der Waals surface area contributed by atoms with Crippen molar-refractivity contribution in [2.75, 3.05) is 26.9 Å². The van der Waals surface area contributed by atoms with Gasteiger partial charge in [-0.2, -0.15) is 5.10 Å². The van der Waals surface area contributed by atoms with Crippen LogP contribution in [0, 0.1) is 5.92 Å². The molecule has 0 atom stereocenters. The second-order valence-electron chi connectivity index (χ2n) is 5.22. The lowest BCUT2D eigenvalue weighted by molar-refractivity contribution is 0.204. The molecule has 1 aromatic rings. The summed E-state index contributed by atoms with van der Waals surface area (Å²) in [7, 11) is 1.65. The Labute approximate surface area is 138 Å². The first kappa shape index (κ1) is 18.4. The zero-order valence-corrected chi connectivity index (χ0v) is 14.3. The number of hydrogen-bond donors (Lipinski definition) is 2. The third-order valence-electron chi connectivity index (χ3n) is 2.82. The maximum atomic E-state index is 5.67. The van der Waals surface area contributed by atoms with Crippen LogP contribution in [0.25, 0.3) is 0 Å². The van der Waals surface area contributed by atoms with Crippen LogP contribution in [-0.4, -0.2) is 38.2 Å². The van der Waals surface area contributed by atoms with Crippen molar-refractivity contribution in [3.8, 4) is 5.75 Å². The van der Waals surface area contributed by atoms with Gasteiger partial charge in [0.25, 0.3) is 0 Å². The highest BCUT2D eigenvalue weighted by molar-refractivity contribution is 7.80. The van der Waals surface area contributed by atoms with Gasteiger partial charge >= 0.3 is 0 Å². The summed E-state index contributed by atoms with van der Waals surface area (Å²) in [6, 6.07) is 7.79. The Hall–Kier alpha value is -1.66. The van der Waals surface area contributed by atoms with Gasteiger partial charge in [-0.15, -0.1) is 0 Å². The molecule has 5 nitrogen and oxygen atoms in total. The van der Waals surface area contributed by atoms with E-state index >= 15 is 0 Å². The van der Waals surface area contributed by atoms with Gasteiger partial charge in [-0.05, 0) is 54.4 Å². The molecule has 0 saturated carbocycles. The standard InChI is InChI=1S/C16H25N3O2S/c1-13(2)8-10-21-15-6-4-14(5-7-15)12-18-19-16(22)17-9-11-20-3/h4-7,12-13H,8-11H2,1-3H3,(H2,17,19,22). The first-order chi connectivity index (χ1) is 10.6. The highest BCUT2D eigenvalue weighted by atomic mass is 32.1. The van der Waals surface area contributed by atoms with Crippen molar-refractivity contribution in [3.05, 3.63) is 29.8 Å². The number of thiocarbonyl (C=S) groups is 1. The van der Waals surface area contributed by atoms with Crippen molar-refractivity contribution >= 4 is 23.5 Å². The van der Waals surface area contributed by atoms with E-state index in [9.17, 15) is 0 Å². The summed E-state index contributed by atoms with van der Waals surface area (Å²) in [5.74, 6) is 1.53. The summed E-state index contributed by atoms with van der Waals surface area (Å²) >= 11 is 5.06. The van der Waals surface area contributed by atoms with Crippen LogP contribution in [-0.2, 0) is 4.74 Å². The minimum Gasteiger partial charge on any atom is -0.494 e. The Balaban J connectivity index is 2.31. The molecule has 0 heterocycles. The van der Waals surface area contributed by atoms with E-state index in [1.807, 2.05) is 24.3 Å². The van der Waals surface area contributed by atoms with E-state index in [2.05, 4.69) is 29.7 Å². The van der Waals surface area contributed by atoms with Crippen LogP contribution in [0.3, 0.4) is 0 Å². The van der Waals surface area contributed by atoms with Crippen molar-refractivity contribution in [2.24, 2.45) is 11.0 Å². The predicted molar refractivity (Wildman–Crippen MR) is 94.6 cm³/mol. The number of benzene rings is 1. The zero-order chi connectivity index (χ0) is 16.2. The predicted octanol–water partition coefficient (Wildman–Crippen LogP) is 2.56. The quantitative estimate of drug-likeness (QED) is 0.317. The van der Waals surface area contributed by atoms with Gasteiger partial charge in [0.15, 0.2) is 5.11 Å². The summed E-state index contributed by atoms with van der Waals surface area (Å²) < 4.78 is 10.6. The minimum atomic E-state index is 0.474. The van der Waals surface area contributed by atoms with Crippen molar-refractivity contribution in [1.29, 1.82) is 0 Å². The molecular weight excluding hydrogens is 298 g/mol. The van der Waals surface area contributed by atoms with Gasteiger partial charge in [-0.3, -0.25) is 5.43 Å². The number of nitrogens with zero attached hydrogens (tertiary/aromatic N) is 1. The van der Waals surface area contributed by atoms with Crippen LogP contribution >= 0.6 is 12.2 Å². The third kappa shape index (κ3) is 8.59. The van der Waals surface area contributed by atoms with E-state index in [4.69, 9.17) is 21.7 Å². The zero-order valence-electron chi connectivity index (χ0n) is 13.5. The van der Waals surface area contributed by atoms with E-state index in [-0.39, 0.29) is 0 Å². The maximum absolute atomic E-state index is 5.67. The van der Waals surface area contributed by atoms with Crippen molar-refractivity contribution < 1.29 is 9.47 Å².